The Morgan fingerprint density at radius 2 is 1.88 bits per heavy atom. The van der Waals surface area contributed by atoms with Crippen LogP contribution < -0.4 is 10.2 Å². The third-order valence-electron chi connectivity index (χ3n) is 4.42. The molecule has 0 spiro atoms. The SMILES string of the molecule is Fc1cccc(-c2nc(-c3cccnc3)cc(N3CCCNCC3)n2)c1. The summed E-state index contributed by atoms with van der Waals surface area (Å²) >= 11 is 0. The van der Waals surface area contributed by atoms with Gasteiger partial charge in [0.05, 0.1) is 5.69 Å². The third-order valence-corrected chi connectivity index (χ3v) is 4.42. The van der Waals surface area contributed by atoms with Gasteiger partial charge in [0.15, 0.2) is 5.82 Å². The summed E-state index contributed by atoms with van der Waals surface area (Å²) in [4.78, 5) is 15.9. The fraction of sp³-hybridized carbons (Fsp3) is 0.250. The minimum absolute atomic E-state index is 0.293. The van der Waals surface area contributed by atoms with Crippen LogP contribution in [-0.4, -0.2) is 41.1 Å². The molecule has 1 aromatic carbocycles. The first-order chi connectivity index (χ1) is 12.8. The van der Waals surface area contributed by atoms with E-state index in [1.165, 1.54) is 12.1 Å². The summed E-state index contributed by atoms with van der Waals surface area (Å²) < 4.78 is 13.7. The third kappa shape index (κ3) is 3.70. The van der Waals surface area contributed by atoms with E-state index in [-0.39, 0.29) is 5.82 Å². The highest BCUT2D eigenvalue weighted by molar-refractivity contribution is 5.67. The van der Waals surface area contributed by atoms with Crippen molar-refractivity contribution >= 4 is 5.82 Å². The highest BCUT2D eigenvalue weighted by Crippen LogP contribution is 2.26. The molecule has 0 amide bonds. The number of hydrogen-bond acceptors (Lipinski definition) is 5. The van der Waals surface area contributed by atoms with E-state index >= 15 is 0 Å². The first kappa shape index (κ1) is 16.6. The van der Waals surface area contributed by atoms with Crippen LogP contribution in [0.5, 0.6) is 0 Å². The topological polar surface area (TPSA) is 53.9 Å². The molecule has 1 fully saturated rings. The summed E-state index contributed by atoms with van der Waals surface area (Å²) in [5, 5.41) is 3.40. The highest BCUT2D eigenvalue weighted by atomic mass is 19.1. The number of pyridine rings is 1. The molecule has 1 N–H and O–H groups in total. The highest BCUT2D eigenvalue weighted by Gasteiger charge is 2.15. The van der Waals surface area contributed by atoms with Crippen LogP contribution in [-0.2, 0) is 0 Å². The van der Waals surface area contributed by atoms with E-state index < -0.39 is 0 Å². The number of benzene rings is 1. The molecule has 2 aromatic heterocycles. The second-order valence-electron chi connectivity index (χ2n) is 6.28. The van der Waals surface area contributed by atoms with Gasteiger partial charge in [0.2, 0.25) is 0 Å². The summed E-state index contributed by atoms with van der Waals surface area (Å²) in [6.45, 7) is 3.74. The molecule has 132 valence electrons. The van der Waals surface area contributed by atoms with Crippen LogP contribution >= 0.6 is 0 Å². The van der Waals surface area contributed by atoms with Gasteiger partial charge in [-0.25, -0.2) is 14.4 Å². The Hall–Kier alpha value is -2.86. The fourth-order valence-electron chi connectivity index (χ4n) is 3.09. The monoisotopic (exact) mass is 349 g/mol. The first-order valence-electron chi connectivity index (χ1n) is 8.81. The fourth-order valence-corrected chi connectivity index (χ4v) is 3.09. The van der Waals surface area contributed by atoms with E-state index in [0.29, 0.717) is 11.4 Å². The molecule has 0 unspecified atom stereocenters. The van der Waals surface area contributed by atoms with Crippen LogP contribution in [0.25, 0.3) is 22.6 Å². The predicted octanol–water partition coefficient (Wildman–Crippen LogP) is 3.14. The molecule has 0 aliphatic carbocycles. The van der Waals surface area contributed by atoms with Gasteiger partial charge in [-0.05, 0) is 37.2 Å². The van der Waals surface area contributed by atoms with E-state index in [1.54, 1.807) is 18.5 Å². The number of nitrogens with one attached hydrogen (secondary N) is 1. The zero-order valence-corrected chi connectivity index (χ0v) is 14.4. The number of anilines is 1. The van der Waals surface area contributed by atoms with Crippen LogP contribution in [0.1, 0.15) is 6.42 Å². The molecule has 3 heterocycles. The number of rotatable bonds is 3. The summed E-state index contributed by atoms with van der Waals surface area (Å²) in [7, 11) is 0. The van der Waals surface area contributed by atoms with E-state index in [2.05, 4.69) is 20.2 Å². The summed E-state index contributed by atoms with van der Waals surface area (Å²) in [5.41, 5.74) is 2.38. The van der Waals surface area contributed by atoms with Gasteiger partial charge in [0.25, 0.3) is 0 Å². The average molecular weight is 349 g/mol. The Balaban J connectivity index is 1.81. The maximum absolute atomic E-state index is 13.7. The molecule has 1 aliphatic heterocycles. The normalized spacial score (nSPS) is 14.9. The lowest BCUT2D eigenvalue weighted by molar-refractivity contribution is 0.628. The molecule has 0 bridgehead atoms. The standard InChI is InChI=1S/C20H20FN5/c21-17-6-1-4-15(12-17)20-24-18(16-5-2-7-23-14-16)13-19(25-20)26-10-3-8-22-9-11-26/h1-2,4-7,12-14,22H,3,8-11H2. The second-order valence-corrected chi connectivity index (χ2v) is 6.28. The van der Waals surface area contributed by atoms with Crippen molar-refractivity contribution in [3.8, 4) is 22.6 Å². The van der Waals surface area contributed by atoms with Crippen LogP contribution in [0.3, 0.4) is 0 Å². The maximum atomic E-state index is 13.7. The van der Waals surface area contributed by atoms with Crippen molar-refractivity contribution in [2.24, 2.45) is 0 Å². The van der Waals surface area contributed by atoms with Crippen molar-refractivity contribution in [3.05, 3.63) is 60.7 Å². The minimum atomic E-state index is -0.293. The summed E-state index contributed by atoms with van der Waals surface area (Å²) in [5.74, 6) is 1.10. The molecule has 1 aliphatic rings. The summed E-state index contributed by atoms with van der Waals surface area (Å²) in [6.07, 6.45) is 4.58. The zero-order chi connectivity index (χ0) is 17.8. The molecule has 0 saturated carbocycles. The van der Waals surface area contributed by atoms with Crippen LogP contribution in [0.2, 0.25) is 0 Å². The van der Waals surface area contributed by atoms with Crippen molar-refractivity contribution in [3.63, 3.8) is 0 Å². The van der Waals surface area contributed by atoms with E-state index in [0.717, 1.165) is 49.7 Å². The van der Waals surface area contributed by atoms with Crippen molar-refractivity contribution in [1.29, 1.82) is 0 Å². The number of aromatic nitrogens is 3. The molecular weight excluding hydrogens is 329 g/mol. The van der Waals surface area contributed by atoms with Gasteiger partial charge in [0, 0.05) is 49.2 Å². The number of hydrogen-bond donors (Lipinski definition) is 1. The lowest BCUT2D eigenvalue weighted by Crippen LogP contribution is -2.28. The Bertz CT molecular complexity index is 876. The minimum Gasteiger partial charge on any atom is -0.355 e. The Morgan fingerprint density at radius 1 is 0.962 bits per heavy atom. The molecule has 1 saturated heterocycles. The molecule has 6 heteroatoms. The quantitative estimate of drug-likeness (QED) is 0.787. The molecular formula is C20H20FN5. The van der Waals surface area contributed by atoms with Crippen LogP contribution in [0.4, 0.5) is 10.2 Å². The molecule has 3 aromatic rings. The van der Waals surface area contributed by atoms with Crippen LogP contribution in [0, 0.1) is 5.82 Å². The van der Waals surface area contributed by atoms with Gasteiger partial charge in [0.1, 0.15) is 11.6 Å². The van der Waals surface area contributed by atoms with Gasteiger partial charge in [-0.15, -0.1) is 0 Å². The molecule has 4 rings (SSSR count). The Labute approximate surface area is 151 Å². The molecule has 5 nitrogen and oxygen atoms in total. The van der Waals surface area contributed by atoms with Crippen molar-refractivity contribution < 1.29 is 4.39 Å². The predicted molar refractivity (Wildman–Crippen MR) is 100 cm³/mol. The Morgan fingerprint density at radius 3 is 2.73 bits per heavy atom. The van der Waals surface area contributed by atoms with Crippen LogP contribution in [0.15, 0.2) is 54.9 Å². The van der Waals surface area contributed by atoms with E-state index in [9.17, 15) is 4.39 Å². The van der Waals surface area contributed by atoms with Gasteiger partial charge >= 0.3 is 0 Å². The van der Waals surface area contributed by atoms with E-state index in [1.807, 2.05) is 24.3 Å². The lowest BCUT2D eigenvalue weighted by atomic mass is 10.1. The van der Waals surface area contributed by atoms with E-state index in [4.69, 9.17) is 4.98 Å². The van der Waals surface area contributed by atoms with Gasteiger partial charge in [-0.2, -0.15) is 0 Å². The van der Waals surface area contributed by atoms with Crippen molar-refractivity contribution in [1.82, 2.24) is 20.3 Å². The largest absolute Gasteiger partial charge is 0.355 e. The lowest BCUT2D eigenvalue weighted by Gasteiger charge is -2.22. The van der Waals surface area contributed by atoms with Gasteiger partial charge < -0.3 is 10.2 Å². The maximum Gasteiger partial charge on any atom is 0.162 e. The molecule has 0 radical (unpaired) electrons. The molecule has 0 atom stereocenters. The van der Waals surface area contributed by atoms with Gasteiger partial charge in [-0.1, -0.05) is 12.1 Å². The summed E-state index contributed by atoms with van der Waals surface area (Å²) in [6, 6.07) is 12.3. The molecule has 26 heavy (non-hydrogen) atoms. The van der Waals surface area contributed by atoms with Crippen molar-refractivity contribution in [2.45, 2.75) is 6.42 Å². The van der Waals surface area contributed by atoms with Crippen molar-refractivity contribution in [2.75, 3.05) is 31.1 Å². The zero-order valence-electron chi connectivity index (χ0n) is 14.4. The second kappa shape index (κ2) is 7.58. The number of nitrogens with zero attached hydrogens (tertiary/aromatic N) is 4. The average Bonchev–Trinajstić information content (AvgIpc) is 2.98. The number of halogens is 1. The Kier molecular flexibility index (Phi) is 4.84. The van der Waals surface area contributed by atoms with Gasteiger partial charge in [-0.3, -0.25) is 4.98 Å². The smallest absolute Gasteiger partial charge is 0.162 e. The first-order valence-corrected chi connectivity index (χ1v) is 8.81.